The highest BCUT2D eigenvalue weighted by Crippen LogP contribution is 2.16. The Hall–Kier alpha value is -1.00. The van der Waals surface area contributed by atoms with Gasteiger partial charge >= 0.3 is 0 Å². The minimum atomic E-state index is -0.766. The van der Waals surface area contributed by atoms with Gasteiger partial charge in [-0.3, -0.25) is 0 Å². The Morgan fingerprint density at radius 1 is 1.62 bits per heavy atom. The minimum Gasteiger partial charge on any atom is -0.387 e. The maximum absolute atomic E-state index is 12.4. The zero-order valence-electron chi connectivity index (χ0n) is 7.44. The van der Waals surface area contributed by atoms with Gasteiger partial charge < -0.3 is 10.8 Å². The third-order valence-corrected chi connectivity index (χ3v) is 1.97. The van der Waals surface area contributed by atoms with E-state index >= 15 is 0 Å². The summed E-state index contributed by atoms with van der Waals surface area (Å²) in [4.78, 5) is 3.43. The molecule has 0 radical (unpaired) electrons. The molecule has 0 aliphatic carbocycles. The van der Waals surface area contributed by atoms with E-state index < -0.39 is 12.1 Å². The molecular formula is C9H13FN2O. The summed E-state index contributed by atoms with van der Waals surface area (Å²) >= 11 is 0. The Labute approximate surface area is 76.4 Å². The molecule has 1 rings (SSSR count). The topological polar surface area (TPSA) is 59.1 Å². The molecule has 0 aliphatic rings. The number of pyridine rings is 1. The van der Waals surface area contributed by atoms with Gasteiger partial charge in [-0.05, 0) is 12.5 Å². The van der Waals surface area contributed by atoms with Gasteiger partial charge in [-0.2, -0.15) is 4.39 Å². The monoisotopic (exact) mass is 184 g/mol. The Balaban J connectivity index is 2.77. The molecule has 0 amide bonds. The molecule has 3 nitrogen and oxygen atoms in total. The molecule has 2 atom stereocenters. The van der Waals surface area contributed by atoms with Crippen LogP contribution in [0.3, 0.4) is 0 Å². The summed E-state index contributed by atoms with van der Waals surface area (Å²) in [5, 5.41) is 9.59. The van der Waals surface area contributed by atoms with Crippen LogP contribution >= 0.6 is 0 Å². The zero-order chi connectivity index (χ0) is 9.84. The number of rotatable bonds is 3. The first-order valence-electron chi connectivity index (χ1n) is 4.20. The van der Waals surface area contributed by atoms with Crippen LogP contribution < -0.4 is 5.73 Å². The van der Waals surface area contributed by atoms with E-state index in [0.29, 0.717) is 12.0 Å². The fourth-order valence-electron chi connectivity index (χ4n) is 1.03. The summed E-state index contributed by atoms with van der Waals surface area (Å²) in [6, 6.07) is 2.37. The molecule has 0 aromatic carbocycles. The van der Waals surface area contributed by atoms with E-state index in [1.165, 1.54) is 18.3 Å². The van der Waals surface area contributed by atoms with Gasteiger partial charge in [-0.15, -0.1) is 0 Å². The molecule has 0 aliphatic heterocycles. The molecule has 0 saturated carbocycles. The molecule has 3 N–H and O–H groups in total. The first-order valence-corrected chi connectivity index (χ1v) is 4.20. The molecule has 1 aromatic heterocycles. The van der Waals surface area contributed by atoms with Gasteiger partial charge in [-0.25, -0.2) is 4.98 Å². The molecule has 72 valence electrons. The highest BCUT2D eigenvalue weighted by atomic mass is 19.1. The van der Waals surface area contributed by atoms with E-state index in [4.69, 9.17) is 5.73 Å². The highest BCUT2D eigenvalue weighted by molar-refractivity contribution is 5.14. The summed E-state index contributed by atoms with van der Waals surface area (Å²) in [7, 11) is 0. The third-order valence-electron chi connectivity index (χ3n) is 1.97. The van der Waals surface area contributed by atoms with E-state index in [-0.39, 0.29) is 6.04 Å². The molecule has 0 fully saturated rings. The lowest BCUT2D eigenvalue weighted by Gasteiger charge is -2.16. The normalized spacial score (nSPS) is 15.4. The van der Waals surface area contributed by atoms with Crippen molar-refractivity contribution in [1.29, 1.82) is 0 Å². The number of halogens is 1. The van der Waals surface area contributed by atoms with Crippen molar-refractivity contribution in [2.45, 2.75) is 25.5 Å². The second-order valence-corrected chi connectivity index (χ2v) is 2.93. The molecule has 4 heteroatoms. The SMILES string of the molecule is CCC(N)C(O)c1ccc(F)nc1. The molecule has 2 unspecified atom stereocenters. The van der Waals surface area contributed by atoms with Crippen LogP contribution in [-0.2, 0) is 0 Å². The van der Waals surface area contributed by atoms with Gasteiger partial charge in [0.05, 0.1) is 6.10 Å². The number of hydrogen-bond acceptors (Lipinski definition) is 3. The molecular weight excluding hydrogens is 171 g/mol. The van der Waals surface area contributed by atoms with Gasteiger partial charge in [-0.1, -0.05) is 13.0 Å². The molecule has 0 bridgehead atoms. The van der Waals surface area contributed by atoms with Crippen molar-refractivity contribution in [3.8, 4) is 0 Å². The Kier molecular flexibility index (Phi) is 3.33. The van der Waals surface area contributed by atoms with Crippen molar-refractivity contribution in [3.63, 3.8) is 0 Å². The van der Waals surface area contributed by atoms with Gasteiger partial charge in [0.1, 0.15) is 0 Å². The Morgan fingerprint density at radius 3 is 2.77 bits per heavy atom. The number of aromatic nitrogens is 1. The van der Waals surface area contributed by atoms with E-state index in [0.717, 1.165) is 0 Å². The van der Waals surface area contributed by atoms with Crippen molar-refractivity contribution in [1.82, 2.24) is 4.98 Å². The summed E-state index contributed by atoms with van der Waals surface area (Å²) in [6.07, 6.45) is 1.20. The van der Waals surface area contributed by atoms with E-state index in [1.807, 2.05) is 6.92 Å². The van der Waals surface area contributed by atoms with Crippen LogP contribution in [-0.4, -0.2) is 16.1 Å². The zero-order valence-corrected chi connectivity index (χ0v) is 7.44. The maximum atomic E-state index is 12.4. The Bertz CT molecular complexity index is 263. The van der Waals surface area contributed by atoms with Crippen molar-refractivity contribution >= 4 is 0 Å². The van der Waals surface area contributed by atoms with Gasteiger partial charge in [0.15, 0.2) is 0 Å². The third kappa shape index (κ3) is 2.47. The smallest absolute Gasteiger partial charge is 0.212 e. The van der Waals surface area contributed by atoms with Crippen LogP contribution in [0.25, 0.3) is 0 Å². The van der Waals surface area contributed by atoms with Gasteiger partial charge in [0.2, 0.25) is 5.95 Å². The molecule has 0 saturated heterocycles. The summed E-state index contributed by atoms with van der Waals surface area (Å²) in [6.45, 7) is 1.88. The van der Waals surface area contributed by atoms with Crippen LogP contribution in [0.1, 0.15) is 25.0 Å². The molecule has 1 heterocycles. The lowest BCUT2D eigenvalue weighted by atomic mass is 10.0. The van der Waals surface area contributed by atoms with Crippen molar-refractivity contribution in [2.75, 3.05) is 0 Å². The summed E-state index contributed by atoms with van der Waals surface area (Å²) < 4.78 is 12.4. The fraction of sp³-hybridized carbons (Fsp3) is 0.444. The lowest BCUT2D eigenvalue weighted by Crippen LogP contribution is -2.27. The number of nitrogens with zero attached hydrogens (tertiary/aromatic N) is 1. The van der Waals surface area contributed by atoms with Crippen molar-refractivity contribution in [3.05, 3.63) is 29.8 Å². The van der Waals surface area contributed by atoms with Crippen LogP contribution in [0.4, 0.5) is 4.39 Å². The minimum absolute atomic E-state index is 0.327. The first-order chi connectivity index (χ1) is 6.15. The van der Waals surface area contributed by atoms with E-state index in [2.05, 4.69) is 4.98 Å². The Morgan fingerprint density at radius 2 is 2.31 bits per heavy atom. The number of aliphatic hydroxyl groups is 1. The van der Waals surface area contributed by atoms with E-state index in [1.54, 1.807) is 0 Å². The van der Waals surface area contributed by atoms with E-state index in [9.17, 15) is 9.50 Å². The quantitative estimate of drug-likeness (QED) is 0.689. The van der Waals surface area contributed by atoms with Crippen LogP contribution in [0.5, 0.6) is 0 Å². The fourth-order valence-corrected chi connectivity index (χ4v) is 1.03. The standard InChI is InChI=1S/C9H13FN2O/c1-2-7(11)9(13)6-3-4-8(10)12-5-6/h3-5,7,9,13H,2,11H2,1H3. The number of aliphatic hydroxyl groups excluding tert-OH is 1. The highest BCUT2D eigenvalue weighted by Gasteiger charge is 2.14. The molecule has 1 aromatic rings. The lowest BCUT2D eigenvalue weighted by molar-refractivity contribution is 0.144. The summed E-state index contributed by atoms with van der Waals surface area (Å²) in [5.74, 6) is -0.555. The van der Waals surface area contributed by atoms with Crippen molar-refractivity contribution in [2.24, 2.45) is 5.73 Å². The number of hydrogen-bond donors (Lipinski definition) is 2. The van der Waals surface area contributed by atoms with Gasteiger partial charge in [0, 0.05) is 17.8 Å². The second-order valence-electron chi connectivity index (χ2n) is 2.93. The average molecular weight is 184 g/mol. The van der Waals surface area contributed by atoms with Crippen LogP contribution in [0.2, 0.25) is 0 Å². The van der Waals surface area contributed by atoms with Crippen LogP contribution in [0.15, 0.2) is 18.3 Å². The molecule has 13 heavy (non-hydrogen) atoms. The summed E-state index contributed by atoms with van der Waals surface area (Å²) in [5.41, 5.74) is 6.17. The predicted molar refractivity (Wildman–Crippen MR) is 47.4 cm³/mol. The molecule has 0 spiro atoms. The number of nitrogens with two attached hydrogens (primary N) is 1. The van der Waals surface area contributed by atoms with Crippen molar-refractivity contribution < 1.29 is 9.50 Å². The second kappa shape index (κ2) is 4.30. The largest absolute Gasteiger partial charge is 0.387 e. The first kappa shape index (κ1) is 10.1. The predicted octanol–water partition coefficient (Wildman–Crippen LogP) is 0.991. The van der Waals surface area contributed by atoms with Crippen LogP contribution in [0, 0.1) is 5.95 Å². The average Bonchev–Trinajstić information content (AvgIpc) is 2.17. The van der Waals surface area contributed by atoms with Gasteiger partial charge in [0.25, 0.3) is 0 Å². The maximum Gasteiger partial charge on any atom is 0.212 e.